The Balaban J connectivity index is 0. The summed E-state index contributed by atoms with van der Waals surface area (Å²) in [5.41, 5.74) is 0. The summed E-state index contributed by atoms with van der Waals surface area (Å²) >= 11 is 0. The van der Waals surface area contributed by atoms with Crippen LogP contribution in [0.2, 0.25) is 0 Å². The van der Waals surface area contributed by atoms with Crippen LogP contribution in [0.15, 0.2) is 0 Å². The van der Waals surface area contributed by atoms with Crippen LogP contribution in [-0.2, 0) is 0 Å². The minimum absolute atomic E-state index is 0. The molecule has 0 spiro atoms. The first-order chi connectivity index (χ1) is 0. The number of hydrogen-bond acceptors (Lipinski definition) is 0. The van der Waals surface area contributed by atoms with E-state index in [0.29, 0.717) is 0 Å². The second-order valence-electron chi connectivity index (χ2n) is 0. The van der Waals surface area contributed by atoms with Crippen LogP contribution in [0.1, 0.15) is 2.85 Å². The molecular weight excluding hydrogens is 241 g/mol. The molecule has 4 heavy (non-hydrogen) atoms. The molecule has 0 aromatic carbocycles. The molecule has 30 valence electrons. The molecule has 0 aromatic heterocycles. The van der Waals surface area contributed by atoms with Crippen LogP contribution in [0.5, 0.6) is 0 Å². The van der Waals surface area contributed by atoms with Crippen molar-refractivity contribution in [3.8, 4) is 0 Å². The Bertz CT molecular complexity index is 11.5. The van der Waals surface area contributed by atoms with Crippen LogP contribution in [0.4, 0.5) is 9.41 Å². The Kier molecular flexibility index (Phi) is 148. The number of rotatable bonds is 0. The normalized spacial score (nSPS) is 0. The summed E-state index contributed by atoms with van der Waals surface area (Å²) in [6.07, 6.45) is 0. The molecule has 4 heteroatoms. The third-order valence-corrected chi connectivity index (χ3v) is 0. The monoisotopic (exact) mass is 246 g/mol. The van der Waals surface area contributed by atoms with Crippen molar-refractivity contribution in [1.29, 1.82) is 0 Å². The summed E-state index contributed by atoms with van der Waals surface area (Å²) in [5.74, 6) is 0. The second kappa shape index (κ2) is 18.2. The fourth-order valence-electron chi connectivity index (χ4n) is 0. The minimum Gasteiger partial charge on any atom is -1.00 e. The molecule has 0 bridgehead atoms. The molecular formula is H4CaDyF2. The van der Waals surface area contributed by atoms with Crippen LogP contribution >= 0.6 is 0 Å². The van der Waals surface area contributed by atoms with Crippen LogP contribution < -0.4 is 0 Å². The SMILES string of the molecule is F.F.[Ca+2].[Dy].[H-].[H-]. The maximum atomic E-state index is 0. The van der Waals surface area contributed by atoms with E-state index in [1.54, 1.807) is 0 Å². The maximum Gasteiger partial charge on any atom is 2.00 e. The molecule has 0 unspecified atom stereocenters. The Hall–Kier alpha value is 2.39. The van der Waals surface area contributed by atoms with Gasteiger partial charge in [-0.05, 0) is 0 Å². The van der Waals surface area contributed by atoms with Gasteiger partial charge in [0.2, 0.25) is 0 Å². The molecule has 0 nitrogen and oxygen atoms in total. The van der Waals surface area contributed by atoms with Gasteiger partial charge >= 0.3 is 37.7 Å². The molecule has 0 N–H and O–H groups in total. The molecule has 0 rings (SSSR count). The van der Waals surface area contributed by atoms with Crippen LogP contribution in [-0.4, -0.2) is 37.7 Å². The fraction of sp³-hybridized carbons (Fsp3) is 0. The summed E-state index contributed by atoms with van der Waals surface area (Å²) in [6.45, 7) is 0. The minimum atomic E-state index is 0. The Morgan fingerprint density at radius 2 is 1.00 bits per heavy atom. The van der Waals surface area contributed by atoms with Crippen LogP contribution in [0, 0.1) is 38.2 Å². The van der Waals surface area contributed by atoms with Gasteiger partial charge in [-0.25, -0.2) is 0 Å². The van der Waals surface area contributed by atoms with Gasteiger partial charge in [0.15, 0.2) is 0 Å². The zero-order valence-electron chi connectivity index (χ0n) is 3.84. The van der Waals surface area contributed by atoms with Crippen LogP contribution in [0.25, 0.3) is 0 Å². The van der Waals surface area contributed by atoms with E-state index in [1.165, 1.54) is 0 Å². The van der Waals surface area contributed by atoms with Gasteiger partial charge in [-0.3, -0.25) is 9.41 Å². The summed E-state index contributed by atoms with van der Waals surface area (Å²) in [5, 5.41) is 0. The van der Waals surface area contributed by atoms with Gasteiger partial charge < -0.3 is 2.85 Å². The van der Waals surface area contributed by atoms with E-state index in [-0.39, 0.29) is 88.2 Å². The topological polar surface area (TPSA) is 0 Å². The van der Waals surface area contributed by atoms with Gasteiger partial charge in [0.1, 0.15) is 0 Å². The van der Waals surface area contributed by atoms with E-state index < -0.39 is 0 Å². The zero-order chi connectivity index (χ0) is 0. The van der Waals surface area contributed by atoms with E-state index >= 15 is 0 Å². The summed E-state index contributed by atoms with van der Waals surface area (Å²) in [4.78, 5) is 0. The average molecular weight is 245 g/mol. The van der Waals surface area contributed by atoms with Crippen molar-refractivity contribution in [3.05, 3.63) is 0 Å². The fourth-order valence-corrected chi connectivity index (χ4v) is 0. The maximum absolute atomic E-state index is 0. The predicted octanol–water partition coefficient (Wildman–Crippen LogP) is 0.149. The predicted molar refractivity (Wildman–Crippen MR) is 13.0 cm³/mol. The van der Waals surface area contributed by atoms with Crippen molar-refractivity contribution in [2.24, 2.45) is 0 Å². The number of halogens is 2. The number of hydrogen-bond donors (Lipinski definition) is 0. The van der Waals surface area contributed by atoms with Crippen molar-refractivity contribution in [2.45, 2.75) is 0 Å². The molecule has 0 aliphatic rings. The van der Waals surface area contributed by atoms with Crippen LogP contribution in [0.3, 0.4) is 0 Å². The third kappa shape index (κ3) is 8.83. The van der Waals surface area contributed by atoms with Gasteiger partial charge in [0.25, 0.3) is 0 Å². The molecule has 0 saturated heterocycles. The Labute approximate surface area is 86.4 Å². The standard InChI is InChI=1S/Ca.Dy.2FH.2H/h;;2*1H;;/q+2;;;;2*-1. The first kappa shape index (κ1) is 32.5. The van der Waals surface area contributed by atoms with E-state index in [9.17, 15) is 0 Å². The van der Waals surface area contributed by atoms with Gasteiger partial charge in [-0.15, -0.1) is 0 Å². The third-order valence-electron chi connectivity index (χ3n) is 0. The van der Waals surface area contributed by atoms with Crippen molar-refractivity contribution in [3.63, 3.8) is 0 Å². The molecule has 0 radical (unpaired) electrons. The molecule has 0 aromatic rings. The van der Waals surface area contributed by atoms with Crippen molar-refractivity contribution in [2.75, 3.05) is 0 Å². The zero-order valence-corrected chi connectivity index (χ0v) is 6.08. The first-order valence-electron chi connectivity index (χ1n) is 0. The van der Waals surface area contributed by atoms with E-state index in [2.05, 4.69) is 0 Å². The van der Waals surface area contributed by atoms with Crippen molar-refractivity contribution < 1.29 is 50.4 Å². The van der Waals surface area contributed by atoms with Gasteiger partial charge in [0, 0.05) is 38.2 Å². The summed E-state index contributed by atoms with van der Waals surface area (Å²) in [6, 6.07) is 0. The van der Waals surface area contributed by atoms with E-state index in [0.717, 1.165) is 0 Å². The van der Waals surface area contributed by atoms with E-state index in [1.807, 2.05) is 0 Å². The first-order valence-corrected chi connectivity index (χ1v) is 0. The molecule has 0 aliphatic heterocycles. The molecule has 0 aliphatic carbocycles. The second-order valence-corrected chi connectivity index (χ2v) is 0. The molecule has 0 amide bonds. The average Bonchev–Trinajstić information content (AvgIpc) is 0. The molecule has 0 saturated carbocycles. The summed E-state index contributed by atoms with van der Waals surface area (Å²) < 4.78 is 0. The van der Waals surface area contributed by atoms with E-state index in [4.69, 9.17) is 0 Å². The summed E-state index contributed by atoms with van der Waals surface area (Å²) in [7, 11) is 0. The molecule has 0 heterocycles. The smallest absolute Gasteiger partial charge is 1.00 e. The molecule has 0 fully saturated rings. The van der Waals surface area contributed by atoms with Gasteiger partial charge in [0.05, 0.1) is 0 Å². The van der Waals surface area contributed by atoms with Crippen molar-refractivity contribution in [1.82, 2.24) is 0 Å². The van der Waals surface area contributed by atoms with Crippen molar-refractivity contribution >= 4 is 37.7 Å². The largest absolute Gasteiger partial charge is 2.00 e. The van der Waals surface area contributed by atoms with Gasteiger partial charge in [-0.1, -0.05) is 0 Å². The Morgan fingerprint density at radius 1 is 1.00 bits per heavy atom. The quantitative estimate of drug-likeness (QED) is 0.532. The van der Waals surface area contributed by atoms with Gasteiger partial charge in [-0.2, -0.15) is 0 Å². The molecule has 0 atom stereocenters. The Morgan fingerprint density at radius 3 is 1.00 bits per heavy atom.